The Hall–Kier alpha value is -2.78. The highest BCUT2D eigenvalue weighted by atomic mass is 32.2. The molecule has 8 nitrogen and oxygen atoms in total. The van der Waals surface area contributed by atoms with Crippen molar-refractivity contribution in [2.24, 2.45) is 0 Å². The molecule has 1 N–H and O–H groups in total. The number of nitrogens with zero attached hydrogens (tertiary/aromatic N) is 1. The van der Waals surface area contributed by atoms with Gasteiger partial charge in [-0.25, -0.2) is 8.42 Å². The molecule has 2 aliphatic heterocycles. The first-order valence-electron chi connectivity index (χ1n) is 11.1. The highest BCUT2D eigenvalue weighted by molar-refractivity contribution is 7.92. The Kier molecular flexibility index (Phi) is 6.81. The van der Waals surface area contributed by atoms with Crippen LogP contribution in [0.5, 0.6) is 11.5 Å². The first kappa shape index (κ1) is 23.4. The number of hydrogen-bond donors (Lipinski definition) is 1. The fourth-order valence-corrected chi connectivity index (χ4v) is 5.67. The summed E-state index contributed by atoms with van der Waals surface area (Å²) in [4.78, 5) is 13.2. The van der Waals surface area contributed by atoms with Gasteiger partial charge < -0.3 is 19.5 Å². The van der Waals surface area contributed by atoms with Gasteiger partial charge in [0.2, 0.25) is 15.9 Å². The Balaban J connectivity index is 1.54. The maximum atomic E-state index is 13.2. The van der Waals surface area contributed by atoms with Gasteiger partial charge in [-0.1, -0.05) is 30.3 Å². The summed E-state index contributed by atoms with van der Waals surface area (Å²) in [5.41, 5.74) is 1.25. The van der Waals surface area contributed by atoms with Crippen molar-refractivity contribution in [3.63, 3.8) is 0 Å². The lowest BCUT2D eigenvalue weighted by molar-refractivity contribution is -0.122. The molecule has 0 radical (unpaired) electrons. The minimum Gasteiger partial charge on any atom is -0.486 e. The van der Waals surface area contributed by atoms with Crippen LogP contribution in [0.3, 0.4) is 0 Å². The van der Waals surface area contributed by atoms with Crippen molar-refractivity contribution in [3.8, 4) is 11.5 Å². The summed E-state index contributed by atoms with van der Waals surface area (Å²) in [7, 11) is -3.74. The molecule has 0 aromatic heterocycles. The van der Waals surface area contributed by atoms with E-state index in [0.29, 0.717) is 50.2 Å². The number of hydrogen-bond acceptors (Lipinski definition) is 6. The lowest BCUT2D eigenvalue weighted by atomic mass is 9.74. The molecule has 1 amide bonds. The van der Waals surface area contributed by atoms with Crippen molar-refractivity contribution in [2.45, 2.75) is 31.2 Å². The summed E-state index contributed by atoms with van der Waals surface area (Å²) in [5, 5.41) is 3.02. The molecule has 0 spiro atoms. The lowest BCUT2D eigenvalue weighted by Crippen LogP contribution is -2.51. The molecule has 2 aromatic rings. The molecule has 0 saturated carbocycles. The Morgan fingerprint density at radius 2 is 1.70 bits per heavy atom. The Bertz CT molecular complexity index is 1080. The number of anilines is 1. The van der Waals surface area contributed by atoms with E-state index >= 15 is 0 Å². The van der Waals surface area contributed by atoms with Crippen LogP contribution in [0.2, 0.25) is 0 Å². The zero-order valence-electron chi connectivity index (χ0n) is 19.0. The molecule has 0 aliphatic carbocycles. The molecule has 1 atom stereocenters. The normalized spacial score (nSPS) is 18.2. The van der Waals surface area contributed by atoms with Gasteiger partial charge in [0, 0.05) is 31.2 Å². The molecule has 1 unspecified atom stereocenters. The number of sulfonamides is 1. The average molecular weight is 475 g/mol. The number of benzene rings is 2. The molecule has 4 rings (SSSR count). The fraction of sp³-hybridized carbons (Fsp3) is 0.458. The van der Waals surface area contributed by atoms with E-state index in [0.717, 1.165) is 29.0 Å². The molecular weight excluding hydrogens is 444 g/mol. The van der Waals surface area contributed by atoms with Crippen molar-refractivity contribution in [1.29, 1.82) is 0 Å². The second-order valence-electron chi connectivity index (χ2n) is 8.54. The van der Waals surface area contributed by atoms with Gasteiger partial charge in [0.15, 0.2) is 11.5 Å². The van der Waals surface area contributed by atoms with E-state index in [9.17, 15) is 13.2 Å². The van der Waals surface area contributed by atoms with Crippen molar-refractivity contribution in [1.82, 2.24) is 5.32 Å². The van der Waals surface area contributed by atoms with E-state index in [-0.39, 0.29) is 11.3 Å². The first-order chi connectivity index (χ1) is 15.8. The third kappa shape index (κ3) is 5.09. The van der Waals surface area contributed by atoms with E-state index in [2.05, 4.69) is 17.4 Å². The molecule has 0 bridgehead atoms. The highest BCUT2D eigenvalue weighted by Gasteiger charge is 2.36. The summed E-state index contributed by atoms with van der Waals surface area (Å²) in [6.45, 7) is 4.06. The SMILES string of the molecule is CC(C(=O)NCC1(c2ccccc2)CCOCC1)N(c1ccc2c(c1)OCCO2)S(C)(=O)=O. The van der Waals surface area contributed by atoms with Gasteiger partial charge in [0.05, 0.1) is 11.9 Å². The van der Waals surface area contributed by atoms with Crippen LogP contribution < -0.4 is 19.1 Å². The van der Waals surface area contributed by atoms with Crippen molar-refractivity contribution >= 4 is 21.6 Å². The second kappa shape index (κ2) is 9.61. The molecule has 33 heavy (non-hydrogen) atoms. The van der Waals surface area contributed by atoms with E-state index in [1.165, 1.54) is 0 Å². The van der Waals surface area contributed by atoms with Gasteiger partial charge in [-0.2, -0.15) is 0 Å². The van der Waals surface area contributed by atoms with Gasteiger partial charge in [0.1, 0.15) is 19.3 Å². The topological polar surface area (TPSA) is 94.2 Å². The smallest absolute Gasteiger partial charge is 0.243 e. The quantitative estimate of drug-likeness (QED) is 0.663. The van der Waals surface area contributed by atoms with Crippen molar-refractivity contribution in [2.75, 3.05) is 43.5 Å². The number of fused-ring (bicyclic) bond motifs is 1. The molecule has 9 heteroatoms. The predicted octanol–water partition coefficient (Wildman–Crippen LogP) is 2.48. The van der Waals surface area contributed by atoms with Gasteiger partial charge in [-0.15, -0.1) is 0 Å². The maximum Gasteiger partial charge on any atom is 0.243 e. The van der Waals surface area contributed by atoms with Crippen LogP contribution in [0.15, 0.2) is 48.5 Å². The van der Waals surface area contributed by atoms with Crippen molar-refractivity contribution in [3.05, 3.63) is 54.1 Å². The van der Waals surface area contributed by atoms with Gasteiger partial charge in [-0.05, 0) is 37.5 Å². The maximum absolute atomic E-state index is 13.2. The second-order valence-corrected chi connectivity index (χ2v) is 10.4. The average Bonchev–Trinajstić information content (AvgIpc) is 2.83. The van der Waals surface area contributed by atoms with Crippen LogP contribution >= 0.6 is 0 Å². The number of carbonyl (C=O) groups excluding carboxylic acids is 1. The Morgan fingerprint density at radius 1 is 1.03 bits per heavy atom. The van der Waals surface area contributed by atoms with Crippen LogP contribution in [0.25, 0.3) is 0 Å². The zero-order chi connectivity index (χ0) is 23.5. The molecule has 1 fully saturated rings. The van der Waals surface area contributed by atoms with Crippen molar-refractivity contribution < 1.29 is 27.4 Å². The monoisotopic (exact) mass is 474 g/mol. The van der Waals surface area contributed by atoms with Crippen LogP contribution in [-0.2, 0) is 25.0 Å². The lowest BCUT2D eigenvalue weighted by Gasteiger charge is -2.38. The molecule has 1 saturated heterocycles. The summed E-state index contributed by atoms with van der Waals surface area (Å²) in [5.74, 6) is 0.655. The van der Waals surface area contributed by atoms with E-state index in [1.54, 1.807) is 25.1 Å². The number of amides is 1. The molecular formula is C24H30N2O6S. The minimum atomic E-state index is -3.74. The summed E-state index contributed by atoms with van der Waals surface area (Å²) in [6.07, 6.45) is 2.66. The van der Waals surface area contributed by atoms with Crippen LogP contribution in [0, 0.1) is 0 Å². The standard InChI is InChI=1S/C24H30N2O6S/c1-18(26(33(2,28)29)20-8-9-21-22(16-20)32-15-14-31-21)23(27)25-17-24(10-12-30-13-11-24)19-6-4-3-5-7-19/h3-9,16,18H,10-15,17H2,1-2H3,(H,25,27). The number of rotatable bonds is 7. The number of carbonyl (C=O) groups is 1. The van der Waals surface area contributed by atoms with Crippen LogP contribution in [0.4, 0.5) is 5.69 Å². The van der Waals surface area contributed by atoms with E-state index in [4.69, 9.17) is 14.2 Å². The van der Waals surface area contributed by atoms with Crippen LogP contribution in [0.1, 0.15) is 25.3 Å². The van der Waals surface area contributed by atoms with Crippen LogP contribution in [-0.4, -0.2) is 59.6 Å². The summed E-state index contributed by atoms with van der Waals surface area (Å²) in [6, 6.07) is 14.0. The third-order valence-corrected chi connectivity index (χ3v) is 7.55. The van der Waals surface area contributed by atoms with Gasteiger partial charge in [0.25, 0.3) is 0 Å². The first-order valence-corrected chi connectivity index (χ1v) is 13.0. The Morgan fingerprint density at radius 3 is 2.36 bits per heavy atom. The predicted molar refractivity (Wildman–Crippen MR) is 125 cm³/mol. The highest BCUT2D eigenvalue weighted by Crippen LogP contribution is 2.36. The zero-order valence-corrected chi connectivity index (χ0v) is 19.8. The summed E-state index contributed by atoms with van der Waals surface area (Å²) >= 11 is 0. The summed E-state index contributed by atoms with van der Waals surface area (Å²) < 4.78 is 43.2. The molecule has 2 heterocycles. The largest absolute Gasteiger partial charge is 0.486 e. The number of nitrogens with one attached hydrogen (secondary N) is 1. The fourth-order valence-electron chi connectivity index (χ4n) is 4.50. The van der Waals surface area contributed by atoms with E-state index in [1.807, 2.05) is 18.2 Å². The third-order valence-electron chi connectivity index (χ3n) is 6.31. The van der Waals surface area contributed by atoms with Gasteiger partial charge in [-0.3, -0.25) is 9.10 Å². The molecule has 2 aromatic carbocycles. The minimum absolute atomic E-state index is 0.248. The number of ether oxygens (including phenoxy) is 3. The molecule has 2 aliphatic rings. The van der Waals surface area contributed by atoms with E-state index < -0.39 is 16.1 Å². The van der Waals surface area contributed by atoms with Gasteiger partial charge >= 0.3 is 0 Å². The molecule has 178 valence electrons. The Labute approximate surface area is 194 Å².